The van der Waals surface area contributed by atoms with E-state index in [1.54, 1.807) is 0 Å². The molecule has 102 valence electrons. The fraction of sp³-hybridized carbons (Fsp3) is 0.923. The summed E-state index contributed by atoms with van der Waals surface area (Å²) in [7, 11) is 0. The molecule has 4 nitrogen and oxygen atoms in total. The van der Waals surface area contributed by atoms with E-state index in [0.29, 0.717) is 12.6 Å². The van der Waals surface area contributed by atoms with Crippen molar-refractivity contribution in [3.05, 3.63) is 0 Å². The van der Waals surface area contributed by atoms with Gasteiger partial charge in [-0.05, 0) is 38.8 Å². The number of carbonyl (C=O) groups is 1. The monoisotopic (exact) mass is 244 g/mol. The van der Waals surface area contributed by atoms with E-state index in [2.05, 4.69) is 31.0 Å². The molecule has 0 aliphatic carbocycles. The zero-order chi connectivity index (χ0) is 13.1. The van der Waals surface area contributed by atoms with Gasteiger partial charge in [0.15, 0.2) is 0 Å². The first kappa shape index (κ1) is 16.2. The number of hydrogen-bond acceptors (Lipinski definition) is 2. The zero-order valence-electron chi connectivity index (χ0n) is 11.5. The number of nitrogens with one attached hydrogen (secondary N) is 1. The van der Waals surface area contributed by atoms with Crippen LogP contribution >= 0.6 is 0 Å². The lowest BCUT2D eigenvalue weighted by Crippen LogP contribution is -2.39. The lowest BCUT2D eigenvalue weighted by Gasteiger charge is -2.31. The van der Waals surface area contributed by atoms with Gasteiger partial charge in [-0.2, -0.15) is 0 Å². The zero-order valence-corrected chi connectivity index (χ0v) is 11.5. The molecule has 0 aromatic heterocycles. The van der Waals surface area contributed by atoms with Crippen LogP contribution in [0.2, 0.25) is 0 Å². The van der Waals surface area contributed by atoms with Crippen molar-refractivity contribution in [1.82, 2.24) is 10.2 Å². The molecule has 0 radical (unpaired) electrons. The van der Waals surface area contributed by atoms with Gasteiger partial charge in [0.05, 0.1) is 0 Å². The molecule has 0 aliphatic rings. The average Bonchev–Trinajstić information content (AvgIpc) is 2.27. The molecule has 4 heteroatoms. The molecule has 1 amide bonds. The minimum absolute atomic E-state index is 0.520. The Morgan fingerprint density at radius 2 is 1.71 bits per heavy atom. The fourth-order valence-electron chi connectivity index (χ4n) is 2.24. The third kappa shape index (κ3) is 8.02. The number of nitrogens with zero attached hydrogens (tertiary/aromatic N) is 1. The first-order valence-corrected chi connectivity index (χ1v) is 6.86. The first-order valence-electron chi connectivity index (χ1n) is 6.86. The minimum atomic E-state index is -0.919. The third-order valence-corrected chi connectivity index (χ3v) is 2.91. The number of rotatable bonds is 10. The molecule has 2 N–H and O–H groups in total. The van der Waals surface area contributed by atoms with Gasteiger partial charge < -0.3 is 15.3 Å². The molecule has 17 heavy (non-hydrogen) atoms. The molecule has 0 aromatic rings. The lowest BCUT2D eigenvalue weighted by atomic mass is 10.1. The molecule has 0 aromatic carbocycles. The van der Waals surface area contributed by atoms with Crippen LogP contribution in [0.1, 0.15) is 52.9 Å². The highest BCUT2D eigenvalue weighted by Gasteiger charge is 2.16. The van der Waals surface area contributed by atoms with Crippen LogP contribution in [-0.2, 0) is 0 Å². The second-order valence-corrected chi connectivity index (χ2v) is 4.50. The van der Waals surface area contributed by atoms with Crippen molar-refractivity contribution in [3.8, 4) is 0 Å². The van der Waals surface area contributed by atoms with Crippen molar-refractivity contribution < 1.29 is 9.90 Å². The van der Waals surface area contributed by atoms with Gasteiger partial charge in [-0.3, -0.25) is 0 Å². The van der Waals surface area contributed by atoms with Gasteiger partial charge in [0, 0.05) is 12.6 Å². The van der Waals surface area contributed by atoms with Gasteiger partial charge in [-0.1, -0.05) is 27.2 Å². The summed E-state index contributed by atoms with van der Waals surface area (Å²) in [5.41, 5.74) is 0. The standard InChI is InChI=1S/C13H28N2O2/c1-4-7-12(8-9-14-13(16)17)15(10-5-2)11-6-3/h12,14H,4-11H2,1-3H3,(H,16,17). The second-order valence-electron chi connectivity index (χ2n) is 4.50. The molecule has 0 spiro atoms. The molecule has 0 heterocycles. The quantitative estimate of drug-likeness (QED) is 0.621. The van der Waals surface area contributed by atoms with Crippen LogP contribution in [0.3, 0.4) is 0 Å². The Kier molecular flexibility index (Phi) is 9.92. The maximum Gasteiger partial charge on any atom is 0.404 e. The van der Waals surface area contributed by atoms with Gasteiger partial charge in [-0.15, -0.1) is 0 Å². The summed E-state index contributed by atoms with van der Waals surface area (Å²) in [5, 5.41) is 11.0. The molecule has 1 unspecified atom stereocenters. The Balaban J connectivity index is 4.17. The first-order chi connectivity index (χ1) is 8.15. The van der Waals surface area contributed by atoms with Gasteiger partial charge in [0.2, 0.25) is 0 Å². The van der Waals surface area contributed by atoms with Crippen LogP contribution in [0, 0.1) is 0 Å². The molecule has 0 fully saturated rings. The summed E-state index contributed by atoms with van der Waals surface area (Å²) in [6, 6.07) is 0.520. The van der Waals surface area contributed by atoms with Crippen LogP contribution in [0.4, 0.5) is 4.79 Å². The van der Waals surface area contributed by atoms with E-state index in [-0.39, 0.29) is 0 Å². The Labute approximate surface area is 105 Å². The summed E-state index contributed by atoms with van der Waals surface area (Å²) >= 11 is 0. The van der Waals surface area contributed by atoms with Crippen molar-refractivity contribution in [3.63, 3.8) is 0 Å². The number of amides is 1. The highest BCUT2D eigenvalue weighted by molar-refractivity contribution is 5.64. The number of carboxylic acid groups (broad SMARTS) is 1. The van der Waals surface area contributed by atoms with E-state index >= 15 is 0 Å². The summed E-state index contributed by atoms with van der Waals surface area (Å²) in [5.74, 6) is 0. The normalized spacial score (nSPS) is 12.7. The van der Waals surface area contributed by atoms with Crippen LogP contribution in [-0.4, -0.2) is 41.8 Å². The van der Waals surface area contributed by atoms with Crippen LogP contribution in [0.25, 0.3) is 0 Å². The van der Waals surface area contributed by atoms with Gasteiger partial charge >= 0.3 is 6.09 Å². The van der Waals surface area contributed by atoms with Crippen molar-refractivity contribution in [2.45, 2.75) is 58.9 Å². The predicted octanol–water partition coefficient (Wildman–Crippen LogP) is 2.93. The van der Waals surface area contributed by atoms with Gasteiger partial charge in [-0.25, -0.2) is 4.79 Å². The molecule has 0 saturated carbocycles. The highest BCUT2D eigenvalue weighted by atomic mass is 16.4. The highest BCUT2D eigenvalue weighted by Crippen LogP contribution is 2.12. The van der Waals surface area contributed by atoms with Crippen molar-refractivity contribution >= 4 is 6.09 Å². The van der Waals surface area contributed by atoms with E-state index in [1.807, 2.05) is 0 Å². The molecule has 0 saturated heterocycles. The third-order valence-electron chi connectivity index (χ3n) is 2.91. The molecule has 1 atom stereocenters. The van der Waals surface area contributed by atoms with Crippen LogP contribution in [0.15, 0.2) is 0 Å². The van der Waals surface area contributed by atoms with E-state index in [1.165, 1.54) is 0 Å². The SMILES string of the molecule is CCCC(CCNC(=O)O)N(CCC)CCC. The average molecular weight is 244 g/mol. The van der Waals surface area contributed by atoms with Crippen LogP contribution < -0.4 is 5.32 Å². The molecule has 0 aliphatic heterocycles. The van der Waals surface area contributed by atoms with E-state index in [4.69, 9.17) is 5.11 Å². The Morgan fingerprint density at radius 3 is 2.12 bits per heavy atom. The van der Waals surface area contributed by atoms with Crippen molar-refractivity contribution in [2.75, 3.05) is 19.6 Å². The predicted molar refractivity (Wildman–Crippen MR) is 71.5 cm³/mol. The van der Waals surface area contributed by atoms with E-state index in [9.17, 15) is 4.79 Å². The van der Waals surface area contributed by atoms with E-state index in [0.717, 1.165) is 45.2 Å². The maximum atomic E-state index is 10.4. The van der Waals surface area contributed by atoms with Crippen molar-refractivity contribution in [1.29, 1.82) is 0 Å². The van der Waals surface area contributed by atoms with Gasteiger partial charge in [0.25, 0.3) is 0 Å². The summed E-state index contributed by atoms with van der Waals surface area (Å²) in [4.78, 5) is 12.9. The fourth-order valence-corrected chi connectivity index (χ4v) is 2.24. The Morgan fingerprint density at radius 1 is 1.12 bits per heavy atom. The van der Waals surface area contributed by atoms with Crippen LogP contribution in [0.5, 0.6) is 0 Å². The van der Waals surface area contributed by atoms with E-state index < -0.39 is 6.09 Å². The second kappa shape index (κ2) is 10.4. The Hall–Kier alpha value is -0.770. The summed E-state index contributed by atoms with van der Waals surface area (Å²) in [6.45, 7) is 9.37. The Bertz CT molecular complexity index is 192. The maximum absolute atomic E-state index is 10.4. The molecule has 0 rings (SSSR count). The summed E-state index contributed by atoms with van der Waals surface area (Å²) in [6.07, 6.45) is 4.63. The molecular weight excluding hydrogens is 216 g/mol. The van der Waals surface area contributed by atoms with Crippen molar-refractivity contribution in [2.24, 2.45) is 0 Å². The topological polar surface area (TPSA) is 52.6 Å². The molecule has 0 bridgehead atoms. The molecular formula is C13H28N2O2. The van der Waals surface area contributed by atoms with Gasteiger partial charge in [0.1, 0.15) is 0 Å². The smallest absolute Gasteiger partial charge is 0.404 e. The minimum Gasteiger partial charge on any atom is -0.465 e. The summed E-state index contributed by atoms with van der Waals surface area (Å²) < 4.78 is 0. The lowest BCUT2D eigenvalue weighted by molar-refractivity contribution is 0.170. The largest absolute Gasteiger partial charge is 0.465 e. The number of hydrogen-bond donors (Lipinski definition) is 2.